The van der Waals surface area contributed by atoms with Crippen molar-refractivity contribution in [1.29, 1.82) is 0 Å². The fraction of sp³-hybridized carbons (Fsp3) is 0.0769. The molecular formula is C13H10ClOS. The Balaban J connectivity index is 2.35. The third-order valence-electron chi connectivity index (χ3n) is 2.16. The molecule has 0 N–H and O–H groups in total. The third kappa shape index (κ3) is 2.52. The minimum absolute atomic E-state index is 0.647. The molecule has 1 nitrogen and oxygen atoms in total. The molecular weight excluding hydrogens is 240 g/mol. The van der Waals surface area contributed by atoms with Crippen molar-refractivity contribution in [2.75, 3.05) is 0 Å². The van der Waals surface area contributed by atoms with Gasteiger partial charge in [-0.15, -0.1) is 0 Å². The fourth-order valence-corrected chi connectivity index (χ4v) is 2.58. The summed E-state index contributed by atoms with van der Waals surface area (Å²) in [6.07, 6.45) is 0. The Bertz CT molecular complexity index is 520. The molecule has 81 valence electrons. The minimum atomic E-state index is -1.18. The Morgan fingerprint density at radius 1 is 1.19 bits per heavy atom. The Hall–Kier alpha value is -1.12. The minimum Gasteiger partial charge on any atom is -0.249 e. The van der Waals surface area contributed by atoms with Gasteiger partial charge in [0.2, 0.25) is 0 Å². The number of halogens is 1. The second kappa shape index (κ2) is 4.81. The maximum Gasteiger partial charge on any atom is 0.0856 e. The van der Waals surface area contributed by atoms with Gasteiger partial charge in [0.25, 0.3) is 0 Å². The lowest BCUT2D eigenvalue weighted by atomic mass is 10.2. The van der Waals surface area contributed by atoms with E-state index in [1.165, 1.54) is 0 Å². The van der Waals surface area contributed by atoms with Crippen molar-refractivity contribution in [3.05, 3.63) is 59.1 Å². The molecule has 0 aliphatic carbocycles. The Morgan fingerprint density at radius 3 is 2.50 bits per heavy atom. The molecule has 1 unspecified atom stereocenters. The second-order valence-corrected chi connectivity index (χ2v) is 5.34. The zero-order chi connectivity index (χ0) is 11.5. The van der Waals surface area contributed by atoms with Gasteiger partial charge in [-0.3, -0.25) is 0 Å². The first-order valence-electron chi connectivity index (χ1n) is 4.82. The van der Waals surface area contributed by atoms with E-state index in [0.717, 1.165) is 10.5 Å². The zero-order valence-corrected chi connectivity index (χ0v) is 10.3. The molecule has 0 saturated carbocycles. The maximum atomic E-state index is 12.1. The monoisotopic (exact) mass is 249 g/mol. The van der Waals surface area contributed by atoms with Crippen molar-refractivity contribution in [3.8, 4) is 0 Å². The molecule has 0 aliphatic heterocycles. The van der Waals surface area contributed by atoms with Crippen molar-refractivity contribution < 1.29 is 4.21 Å². The summed E-state index contributed by atoms with van der Waals surface area (Å²) in [6, 6.07) is 15.6. The van der Waals surface area contributed by atoms with E-state index in [4.69, 9.17) is 11.6 Å². The standard InChI is InChI=1S/C13H10ClOS/c1-10-3-2-4-13(9-10)16(15)12-7-5-11(14)6-8-12/h2-3,5-9H,1H3. The molecule has 1 radical (unpaired) electrons. The average molecular weight is 250 g/mol. The molecule has 0 spiro atoms. The van der Waals surface area contributed by atoms with Crippen molar-refractivity contribution in [3.63, 3.8) is 0 Å². The van der Waals surface area contributed by atoms with Crippen molar-refractivity contribution >= 4 is 22.4 Å². The lowest BCUT2D eigenvalue weighted by Crippen LogP contribution is -1.93. The summed E-state index contributed by atoms with van der Waals surface area (Å²) in [5.74, 6) is 0. The summed E-state index contributed by atoms with van der Waals surface area (Å²) < 4.78 is 12.1. The van der Waals surface area contributed by atoms with Gasteiger partial charge in [-0.25, -0.2) is 4.21 Å². The van der Waals surface area contributed by atoms with Crippen LogP contribution in [0, 0.1) is 13.0 Å². The van der Waals surface area contributed by atoms with Gasteiger partial charge in [-0.05, 0) is 48.9 Å². The van der Waals surface area contributed by atoms with Gasteiger partial charge in [0.1, 0.15) is 0 Å². The van der Waals surface area contributed by atoms with Gasteiger partial charge in [-0.2, -0.15) is 0 Å². The smallest absolute Gasteiger partial charge is 0.0856 e. The highest BCUT2D eigenvalue weighted by Gasteiger charge is 2.06. The highest BCUT2D eigenvalue weighted by atomic mass is 35.5. The zero-order valence-electron chi connectivity index (χ0n) is 8.74. The lowest BCUT2D eigenvalue weighted by molar-refractivity contribution is 0.683. The van der Waals surface area contributed by atoms with Crippen LogP contribution in [0.15, 0.2) is 52.3 Å². The topological polar surface area (TPSA) is 17.1 Å². The van der Waals surface area contributed by atoms with Gasteiger partial charge >= 0.3 is 0 Å². The summed E-state index contributed by atoms with van der Waals surface area (Å²) in [4.78, 5) is 1.44. The summed E-state index contributed by atoms with van der Waals surface area (Å²) >= 11 is 5.78. The van der Waals surface area contributed by atoms with Gasteiger partial charge < -0.3 is 0 Å². The van der Waals surface area contributed by atoms with Crippen LogP contribution in [-0.2, 0) is 10.8 Å². The Kier molecular flexibility index (Phi) is 3.42. The molecule has 0 fully saturated rings. The summed E-state index contributed by atoms with van der Waals surface area (Å²) in [6.45, 7) is 1.97. The first-order valence-corrected chi connectivity index (χ1v) is 6.35. The molecule has 0 bridgehead atoms. The summed E-state index contributed by atoms with van der Waals surface area (Å²) in [5, 5.41) is 0.647. The Labute approximate surface area is 103 Å². The number of benzene rings is 2. The molecule has 0 heterocycles. The molecule has 16 heavy (non-hydrogen) atoms. The highest BCUT2D eigenvalue weighted by Crippen LogP contribution is 2.18. The first-order chi connectivity index (χ1) is 7.66. The van der Waals surface area contributed by atoms with E-state index in [-0.39, 0.29) is 0 Å². The summed E-state index contributed by atoms with van der Waals surface area (Å²) in [5.41, 5.74) is 1.08. The van der Waals surface area contributed by atoms with Crippen LogP contribution < -0.4 is 0 Å². The van der Waals surface area contributed by atoms with Crippen molar-refractivity contribution in [1.82, 2.24) is 0 Å². The van der Waals surface area contributed by atoms with E-state index in [2.05, 4.69) is 6.07 Å². The van der Waals surface area contributed by atoms with E-state index in [1.807, 2.05) is 19.1 Å². The molecule has 0 saturated heterocycles. The van der Waals surface area contributed by atoms with Crippen LogP contribution >= 0.6 is 11.6 Å². The molecule has 1 atom stereocenters. The number of aryl methyl sites for hydroxylation is 1. The van der Waals surface area contributed by atoms with E-state index >= 15 is 0 Å². The number of hydrogen-bond donors (Lipinski definition) is 0. The molecule has 0 aromatic heterocycles. The fourth-order valence-electron chi connectivity index (χ4n) is 1.34. The SMILES string of the molecule is Cc1cc[c]c(S(=O)c2ccc(Cl)cc2)c1. The molecule has 2 rings (SSSR count). The molecule has 2 aromatic rings. The predicted octanol–water partition coefficient (Wildman–Crippen LogP) is 3.62. The van der Waals surface area contributed by atoms with Crippen LogP contribution in [0.3, 0.4) is 0 Å². The number of rotatable bonds is 2. The number of hydrogen-bond acceptors (Lipinski definition) is 1. The van der Waals surface area contributed by atoms with Crippen LogP contribution in [0.2, 0.25) is 5.02 Å². The lowest BCUT2D eigenvalue weighted by Gasteiger charge is -2.02. The van der Waals surface area contributed by atoms with Gasteiger partial charge in [0.15, 0.2) is 0 Å². The van der Waals surface area contributed by atoms with Crippen molar-refractivity contribution in [2.45, 2.75) is 16.7 Å². The highest BCUT2D eigenvalue weighted by molar-refractivity contribution is 7.85. The van der Waals surface area contributed by atoms with Crippen LogP contribution in [-0.4, -0.2) is 4.21 Å². The molecule has 2 aromatic carbocycles. The van der Waals surface area contributed by atoms with E-state index < -0.39 is 10.8 Å². The van der Waals surface area contributed by atoms with Crippen LogP contribution in [0.1, 0.15) is 5.56 Å². The van der Waals surface area contributed by atoms with Gasteiger partial charge in [-0.1, -0.05) is 23.7 Å². The van der Waals surface area contributed by atoms with Crippen LogP contribution in [0.5, 0.6) is 0 Å². The molecule has 3 heteroatoms. The second-order valence-electron chi connectivity index (χ2n) is 3.45. The molecule has 0 amide bonds. The van der Waals surface area contributed by atoms with E-state index in [9.17, 15) is 4.21 Å². The van der Waals surface area contributed by atoms with E-state index in [1.54, 1.807) is 30.3 Å². The third-order valence-corrected chi connectivity index (χ3v) is 3.75. The van der Waals surface area contributed by atoms with Gasteiger partial charge in [0.05, 0.1) is 15.7 Å². The average Bonchev–Trinajstić information content (AvgIpc) is 2.29. The maximum absolute atomic E-state index is 12.1. The normalized spacial score (nSPS) is 12.4. The molecule has 0 aliphatic rings. The van der Waals surface area contributed by atoms with Crippen LogP contribution in [0.25, 0.3) is 0 Å². The quantitative estimate of drug-likeness (QED) is 0.795. The van der Waals surface area contributed by atoms with E-state index in [0.29, 0.717) is 9.92 Å². The summed E-state index contributed by atoms with van der Waals surface area (Å²) in [7, 11) is -1.18. The van der Waals surface area contributed by atoms with Crippen LogP contribution in [0.4, 0.5) is 0 Å². The Morgan fingerprint density at radius 2 is 1.88 bits per heavy atom. The largest absolute Gasteiger partial charge is 0.249 e. The first kappa shape index (κ1) is 11.4. The predicted molar refractivity (Wildman–Crippen MR) is 66.1 cm³/mol. The van der Waals surface area contributed by atoms with Crippen molar-refractivity contribution in [2.24, 2.45) is 0 Å². The van der Waals surface area contributed by atoms with Gasteiger partial charge in [0, 0.05) is 9.92 Å².